The Bertz CT molecular complexity index is 1370. The van der Waals surface area contributed by atoms with E-state index in [1.807, 2.05) is 60.7 Å². The van der Waals surface area contributed by atoms with Crippen molar-refractivity contribution in [2.24, 2.45) is 0 Å². The Labute approximate surface area is 244 Å². The maximum atomic E-state index is 13.9. The summed E-state index contributed by atoms with van der Waals surface area (Å²) >= 11 is 0. The predicted molar refractivity (Wildman–Crippen MR) is 155 cm³/mol. The topological polar surface area (TPSA) is 123 Å². The highest BCUT2D eigenvalue weighted by Gasteiger charge is 2.38. The van der Waals surface area contributed by atoms with E-state index in [1.54, 1.807) is 31.2 Å². The molecule has 3 atom stereocenters. The monoisotopic (exact) mass is 573 g/mol. The zero-order valence-electron chi connectivity index (χ0n) is 23.7. The highest BCUT2D eigenvalue weighted by Crippen LogP contribution is 2.32. The van der Waals surface area contributed by atoms with Crippen molar-refractivity contribution in [3.05, 3.63) is 96.1 Å². The number of rotatable bonds is 12. The van der Waals surface area contributed by atoms with Crippen LogP contribution in [-0.2, 0) is 41.6 Å². The summed E-state index contributed by atoms with van der Waals surface area (Å²) < 4.78 is 11.2. The quantitative estimate of drug-likeness (QED) is 0.317. The van der Waals surface area contributed by atoms with Gasteiger partial charge in [0.1, 0.15) is 36.2 Å². The molecule has 1 aliphatic heterocycles. The maximum absolute atomic E-state index is 13.9. The number of amides is 2. The number of benzene rings is 3. The number of ether oxygens (including phenoxy) is 2. The lowest BCUT2D eigenvalue weighted by molar-refractivity contribution is -0.154. The van der Waals surface area contributed by atoms with Crippen LogP contribution in [0.25, 0.3) is 0 Å². The molecule has 0 fully saturated rings. The highest BCUT2D eigenvalue weighted by molar-refractivity contribution is 6.00. The van der Waals surface area contributed by atoms with Crippen molar-refractivity contribution in [2.45, 2.75) is 51.2 Å². The highest BCUT2D eigenvalue weighted by atomic mass is 16.7. The minimum Gasteiger partial charge on any atom is -0.489 e. The van der Waals surface area contributed by atoms with Gasteiger partial charge < -0.3 is 19.6 Å². The number of carbonyl (C=O) groups excluding carboxylic acids is 4. The number of hydrogen-bond acceptors (Lipinski definition) is 8. The standard InChI is InChI=1S/C32H35N3O7/c1-3-40-31(38)25(19-18-23-12-6-4-7-13-23)34-27-21-41-29-17-11-10-16-28(29)35(30(27)37)42-32(39)26(33-22(2)36)20-24-14-8-5-9-15-24/h4-17,25-27,34H,3,18-21H2,1-2H3,(H,33,36)/t25-,26-,27-/m0/s1. The van der Waals surface area contributed by atoms with Crippen molar-refractivity contribution in [1.82, 2.24) is 10.6 Å². The second-order valence-corrected chi connectivity index (χ2v) is 9.81. The molecular formula is C32H35N3O7. The van der Waals surface area contributed by atoms with Crippen LogP contribution in [0.2, 0.25) is 0 Å². The van der Waals surface area contributed by atoms with Crippen LogP contribution in [0.3, 0.4) is 0 Å². The van der Waals surface area contributed by atoms with Crippen LogP contribution >= 0.6 is 0 Å². The number of esters is 1. The summed E-state index contributed by atoms with van der Waals surface area (Å²) in [6, 6.07) is 22.5. The summed E-state index contributed by atoms with van der Waals surface area (Å²) in [5.74, 6) is -2.07. The summed E-state index contributed by atoms with van der Waals surface area (Å²) in [6.45, 7) is 3.07. The number of anilines is 1. The van der Waals surface area contributed by atoms with E-state index in [0.29, 0.717) is 18.6 Å². The van der Waals surface area contributed by atoms with Crippen molar-refractivity contribution < 1.29 is 33.5 Å². The van der Waals surface area contributed by atoms with Gasteiger partial charge in [-0.15, -0.1) is 5.06 Å². The molecule has 0 aromatic heterocycles. The molecule has 1 heterocycles. The van der Waals surface area contributed by atoms with Gasteiger partial charge in [-0.1, -0.05) is 72.8 Å². The summed E-state index contributed by atoms with van der Waals surface area (Å²) in [5.41, 5.74) is 2.05. The third kappa shape index (κ3) is 8.17. The lowest BCUT2D eigenvalue weighted by Gasteiger charge is -2.27. The van der Waals surface area contributed by atoms with Gasteiger partial charge in [0.05, 0.1) is 6.61 Å². The minimum atomic E-state index is -1.06. The average Bonchev–Trinajstić information content (AvgIpc) is 3.12. The molecule has 1 aliphatic rings. The van der Waals surface area contributed by atoms with Crippen LogP contribution in [0, 0.1) is 0 Å². The van der Waals surface area contributed by atoms with Crippen LogP contribution in [0.4, 0.5) is 5.69 Å². The molecule has 3 aromatic carbocycles. The Kier molecular flexibility index (Phi) is 10.7. The van der Waals surface area contributed by atoms with Gasteiger partial charge in [0.2, 0.25) is 5.91 Å². The first kappa shape index (κ1) is 30.3. The number of hydrogen-bond donors (Lipinski definition) is 2. The SMILES string of the molecule is CCOC(=O)[C@H](CCc1ccccc1)N[C@H]1COc2ccccc2N(OC(=O)[C@H](Cc2ccccc2)NC(C)=O)C1=O. The molecule has 0 saturated heterocycles. The fourth-order valence-electron chi connectivity index (χ4n) is 4.62. The predicted octanol–water partition coefficient (Wildman–Crippen LogP) is 3.14. The van der Waals surface area contributed by atoms with Crippen LogP contribution in [-0.4, -0.2) is 55.1 Å². The van der Waals surface area contributed by atoms with Gasteiger partial charge in [0, 0.05) is 13.3 Å². The van der Waals surface area contributed by atoms with Gasteiger partial charge >= 0.3 is 11.9 Å². The molecule has 0 bridgehead atoms. The number of nitrogens with one attached hydrogen (secondary N) is 2. The fourth-order valence-corrected chi connectivity index (χ4v) is 4.62. The zero-order chi connectivity index (χ0) is 29.9. The first-order chi connectivity index (χ1) is 20.4. The molecular weight excluding hydrogens is 538 g/mol. The molecule has 0 aliphatic carbocycles. The Hall–Kier alpha value is -4.70. The summed E-state index contributed by atoms with van der Waals surface area (Å²) in [5, 5.41) is 6.58. The van der Waals surface area contributed by atoms with Gasteiger partial charge in [0.25, 0.3) is 5.91 Å². The van der Waals surface area contributed by atoms with Crippen molar-refractivity contribution in [3.63, 3.8) is 0 Å². The van der Waals surface area contributed by atoms with Crippen LogP contribution in [0.5, 0.6) is 5.75 Å². The molecule has 220 valence electrons. The van der Waals surface area contributed by atoms with Gasteiger partial charge in [0.15, 0.2) is 0 Å². The molecule has 10 heteroatoms. The lowest BCUT2D eigenvalue weighted by Crippen LogP contribution is -2.55. The lowest BCUT2D eigenvalue weighted by atomic mass is 10.0. The number of nitrogens with zero attached hydrogens (tertiary/aromatic N) is 1. The van der Waals surface area contributed by atoms with E-state index >= 15 is 0 Å². The number of carbonyl (C=O) groups is 4. The molecule has 2 amide bonds. The van der Waals surface area contributed by atoms with E-state index in [-0.39, 0.29) is 25.3 Å². The third-order valence-electron chi connectivity index (χ3n) is 6.65. The Morgan fingerprint density at radius 3 is 2.21 bits per heavy atom. The fraction of sp³-hybridized carbons (Fsp3) is 0.312. The van der Waals surface area contributed by atoms with Crippen molar-refractivity contribution >= 4 is 29.4 Å². The van der Waals surface area contributed by atoms with E-state index < -0.39 is 41.9 Å². The van der Waals surface area contributed by atoms with E-state index in [1.165, 1.54) is 6.92 Å². The first-order valence-electron chi connectivity index (χ1n) is 13.9. The van der Waals surface area contributed by atoms with Crippen molar-refractivity contribution in [2.75, 3.05) is 18.3 Å². The number of hydroxylamine groups is 1. The van der Waals surface area contributed by atoms with E-state index in [2.05, 4.69) is 10.6 Å². The second-order valence-electron chi connectivity index (χ2n) is 9.81. The summed E-state index contributed by atoms with van der Waals surface area (Å²) in [6.07, 6.45) is 1.09. The van der Waals surface area contributed by atoms with Gasteiger partial charge in [-0.05, 0) is 43.0 Å². The maximum Gasteiger partial charge on any atom is 0.355 e. The Morgan fingerprint density at radius 1 is 0.905 bits per heavy atom. The van der Waals surface area contributed by atoms with Crippen LogP contribution in [0.15, 0.2) is 84.9 Å². The molecule has 3 aromatic rings. The minimum absolute atomic E-state index is 0.121. The Morgan fingerprint density at radius 2 is 1.55 bits per heavy atom. The largest absolute Gasteiger partial charge is 0.489 e. The molecule has 10 nitrogen and oxygen atoms in total. The summed E-state index contributed by atoms with van der Waals surface area (Å²) in [7, 11) is 0. The van der Waals surface area contributed by atoms with Gasteiger partial charge in [-0.3, -0.25) is 19.7 Å². The molecule has 0 saturated carbocycles. The molecule has 0 unspecified atom stereocenters. The number of aryl methyl sites for hydroxylation is 1. The van der Waals surface area contributed by atoms with E-state index in [9.17, 15) is 19.2 Å². The second kappa shape index (κ2) is 14.8. The van der Waals surface area contributed by atoms with E-state index in [4.69, 9.17) is 14.3 Å². The molecule has 0 radical (unpaired) electrons. The average molecular weight is 574 g/mol. The zero-order valence-corrected chi connectivity index (χ0v) is 23.7. The third-order valence-corrected chi connectivity index (χ3v) is 6.65. The molecule has 2 N–H and O–H groups in total. The van der Waals surface area contributed by atoms with Gasteiger partial charge in [-0.2, -0.15) is 0 Å². The number of para-hydroxylation sites is 2. The summed E-state index contributed by atoms with van der Waals surface area (Å²) in [4.78, 5) is 57.9. The normalized spacial score (nSPS) is 15.8. The van der Waals surface area contributed by atoms with E-state index in [0.717, 1.165) is 16.2 Å². The van der Waals surface area contributed by atoms with Crippen LogP contribution in [0.1, 0.15) is 31.4 Å². The number of fused-ring (bicyclic) bond motifs is 1. The van der Waals surface area contributed by atoms with Crippen molar-refractivity contribution in [1.29, 1.82) is 0 Å². The Balaban J connectivity index is 1.57. The molecule has 0 spiro atoms. The molecule has 4 rings (SSSR count). The molecule has 42 heavy (non-hydrogen) atoms. The van der Waals surface area contributed by atoms with Crippen LogP contribution < -0.4 is 20.4 Å². The smallest absolute Gasteiger partial charge is 0.355 e. The van der Waals surface area contributed by atoms with Crippen molar-refractivity contribution in [3.8, 4) is 5.75 Å². The van der Waals surface area contributed by atoms with Gasteiger partial charge in [-0.25, -0.2) is 4.79 Å². The first-order valence-corrected chi connectivity index (χ1v) is 13.9.